The molecule has 12 heteroatoms. The number of benzene rings is 1. The van der Waals surface area contributed by atoms with Gasteiger partial charge in [0.15, 0.2) is 0 Å². The van der Waals surface area contributed by atoms with Crippen LogP contribution in [0.1, 0.15) is 74.2 Å². The van der Waals surface area contributed by atoms with Crippen LogP contribution in [0.3, 0.4) is 0 Å². The van der Waals surface area contributed by atoms with Gasteiger partial charge in [0.05, 0.1) is 22.6 Å². The van der Waals surface area contributed by atoms with Gasteiger partial charge in [0, 0.05) is 51.0 Å². The molecule has 11 nitrogen and oxygen atoms in total. The fraction of sp³-hybridized carbons (Fsp3) is 0.500. The second-order valence-corrected chi connectivity index (χ2v) is 12.4. The number of halogens is 1. The van der Waals surface area contributed by atoms with Gasteiger partial charge in [-0.25, -0.2) is 4.39 Å². The maximum atomic E-state index is 15.7. The summed E-state index contributed by atoms with van der Waals surface area (Å²) < 4.78 is 21.2. The Kier molecular flexibility index (Phi) is 10.7. The highest BCUT2D eigenvalue weighted by Crippen LogP contribution is 2.30. The van der Waals surface area contributed by atoms with Crippen LogP contribution in [0.25, 0.3) is 11.0 Å². The summed E-state index contributed by atoms with van der Waals surface area (Å²) in [5.74, 6) is -3.03. The van der Waals surface area contributed by atoms with Crippen molar-refractivity contribution >= 4 is 40.3 Å². The first-order valence-corrected chi connectivity index (χ1v) is 16.1. The molecular formula is C34H43FN6O5. The Bertz CT molecular complexity index is 1560. The molecule has 5 rings (SSSR count). The number of anilines is 1. The molecule has 2 fully saturated rings. The second kappa shape index (κ2) is 14.8. The van der Waals surface area contributed by atoms with Crippen molar-refractivity contribution in [3.63, 3.8) is 0 Å². The van der Waals surface area contributed by atoms with Gasteiger partial charge in [-0.15, -0.1) is 0 Å². The number of nitrogens with one attached hydrogen (secondary N) is 3. The number of nitrogens with zero attached hydrogens (tertiary/aromatic N) is 3. The Balaban J connectivity index is 1.36. The maximum Gasteiger partial charge on any atom is 0.255 e. The minimum atomic E-state index is -0.899. The second-order valence-electron chi connectivity index (χ2n) is 12.4. The summed E-state index contributed by atoms with van der Waals surface area (Å²) in [5, 5.41) is 8.99. The predicted octanol–water partition coefficient (Wildman–Crippen LogP) is 4.06. The Hall–Kier alpha value is -4.32. The largest absolute Gasteiger partial charge is 0.463 e. The SMILES string of the molecule is CCC(=O)N[C@H](C)[C@@H](C(=O)N1CCN(C)CC1)c1ccc(NC(=O)[C@@H](NC(=O)c2coc3ccncc23)C2CCCCC2)c(F)c1. The molecule has 1 saturated heterocycles. The van der Waals surface area contributed by atoms with Crippen LogP contribution in [0.2, 0.25) is 0 Å². The zero-order valence-corrected chi connectivity index (χ0v) is 26.7. The number of likely N-dealkylation sites (N-methyl/N-ethyl adjacent to an activating group) is 1. The molecule has 1 aliphatic carbocycles. The molecule has 2 aliphatic rings. The molecule has 0 spiro atoms. The van der Waals surface area contributed by atoms with Crippen molar-refractivity contribution in [3.05, 3.63) is 59.9 Å². The first-order valence-electron chi connectivity index (χ1n) is 16.1. The zero-order chi connectivity index (χ0) is 32.8. The number of pyridine rings is 1. The summed E-state index contributed by atoms with van der Waals surface area (Å²) in [5.41, 5.74) is 1.13. The summed E-state index contributed by atoms with van der Waals surface area (Å²) in [7, 11) is 1.99. The molecule has 46 heavy (non-hydrogen) atoms. The van der Waals surface area contributed by atoms with E-state index in [1.807, 2.05) is 7.05 Å². The molecule has 1 aromatic carbocycles. The number of carbonyl (C=O) groups is 4. The third-order valence-corrected chi connectivity index (χ3v) is 9.21. The molecule has 4 amide bonds. The molecule has 3 aromatic rings. The van der Waals surface area contributed by atoms with Crippen LogP contribution in [-0.2, 0) is 14.4 Å². The van der Waals surface area contributed by atoms with Crippen LogP contribution < -0.4 is 16.0 Å². The van der Waals surface area contributed by atoms with E-state index in [0.717, 1.165) is 45.2 Å². The summed E-state index contributed by atoms with van der Waals surface area (Å²) >= 11 is 0. The van der Waals surface area contributed by atoms with Gasteiger partial charge < -0.3 is 30.2 Å². The van der Waals surface area contributed by atoms with Gasteiger partial charge in [-0.2, -0.15) is 0 Å². The Morgan fingerprint density at radius 2 is 1.78 bits per heavy atom. The fourth-order valence-corrected chi connectivity index (χ4v) is 6.48. The van der Waals surface area contributed by atoms with E-state index in [2.05, 4.69) is 25.8 Å². The van der Waals surface area contributed by atoms with Crippen LogP contribution >= 0.6 is 0 Å². The van der Waals surface area contributed by atoms with Gasteiger partial charge in [0.25, 0.3) is 5.91 Å². The van der Waals surface area contributed by atoms with E-state index in [9.17, 15) is 19.2 Å². The number of hydrogen-bond donors (Lipinski definition) is 3. The van der Waals surface area contributed by atoms with Crippen molar-refractivity contribution in [3.8, 4) is 0 Å². The number of rotatable bonds is 10. The van der Waals surface area contributed by atoms with E-state index in [1.54, 1.807) is 37.1 Å². The number of carbonyl (C=O) groups excluding carboxylic acids is 4. The zero-order valence-electron chi connectivity index (χ0n) is 26.7. The van der Waals surface area contributed by atoms with Crippen molar-refractivity contribution in [2.75, 3.05) is 38.5 Å². The van der Waals surface area contributed by atoms with Gasteiger partial charge in [-0.05, 0) is 56.5 Å². The Labute approximate surface area is 268 Å². The minimum absolute atomic E-state index is 0.0576. The van der Waals surface area contributed by atoms with E-state index in [-0.39, 0.29) is 35.4 Å². The van der Waals surface area contributed by atoms with Crippen LogP contribution in [0.5, 0.6) is 0 Å². The summed E-state index contributed by atoms with van der Waals surface area (Å²) in [4.78, 5) is 61.1. The number of fused-ring (bicyclic) bond motifs is 1. The quantitative estimate of drug-likeness (QED) is 0.306. The molecule has 0 bridgehead atoms. The minimum Gasteiger partial charge on any atom is -0.463 e. The summed E-state index contributed by atoms with van der Waals surface area (Å²) in [6, 6.07) is 4.48. The lowest BCUT2D eigenvalue weighted by Gasteiger charge is -2.36. The first kappa shape index (κ1) is 33.1. The van der Waals surface area contributed by atoms with Crippen molar-refractivity contribution in [2.45, 2.75) is 70.4 Å². The van der Waals surface area contributed by atoms with E-state index >= 15 is 4.39 Å². The molecule has 246 valence electrons. The highest BCUT2D eigenvalue weighted by Gasteiger charge is 2.35. The molecule has 1 aliphatic heterocycles. The monoisotopic (exact) mass is 634 g/mol. The smallest absolute Gasteiger partial charge is 0.255 e. The van der Waals surface area contributed by atoms with Gasteiger partial charge >= 0.3 is 0 Å². The van der Waals surface area contributed by atoms with Crippen LogP contribution in [0, 0.1) is 11.7 Å². The first-order chi connectivity index (χ1) is 22.2. The molecule has 3 heterocycles. The normalized spacial score (nSPS) is 18.0. The molecular weight excluding hydrogens is 591 g/mol. The molecule has 2 aromatic heterocycles. The number of amides is 4. The third-order valence-electron chi connectivity index (χ3n) is 9.21. The van der Waals surface area contributed by atoms with E-state index in [1.165, 1.54) is 24.6 Å². The number of furan rings is 1. The fourth-order valence-electron chi connectivity index (χ4n) is 6.48. The van der Waals surface area contributed by atoms with Crippen molar-refractivity contribution in [2.24, 2.45) is 5.92 Å². The van der Waals surface area contributed by atoms with Gasteiger partial charge in [-0.1, -0.05) is 32.3 Å². The highest BCUT2D eigenvalue weighted by atomic mass is 19.1. The van der Waals surface area contributed by atoms with E-state index < -0.39 is 35.6 Å². The van der Waals surface area contributed by atoms with E-state index in [0.29, 0.717) is 29.6 Å². The maximum absolute atomic E-state index is 15.7. The third kappa shape index (κ3) is 7.55. The van der Waals surface area contributed by atoms with Crippen LogP contribution in [0.15, 0.2) is 47.3 Å². The molecule has 0 unspecified atom stereocenters. The van der Waals surface area contributed by atoms with Crippen molar-refractivity contribution in [1.82, 2.24) is 25.4 Å². The number of piperazine rings is 1. The van der Waals surface area contributed by atoms with Crippen LogP contribution in [0.4, 0.5) is 10.1 Å². The molecule has 1 saturated carbocycles. The summed E-state index contributed by atoms with van der Waals surface area (Å²) in [6.45, 7) is 6.00. The lowest BCUT2D eigenvalue weighted by molar-refractivity contribution is -0.135. The summed E-state index contributed by atoms with van der Waals surface area (Å²) in [6.07, 6.45) is 9.14. The van der Waals surface area contributed by atoms with Gasteiger partial charge in [-0.3, -0.25) is 24.2 Å². The number of hydrogen-bond acceptors (Lipinski definition) is 7. The Morgan fingerprint density at radius 3 is 2.48 bits per heavy atom. The van der Waals surface area contributed by atoms with Crippen LogP contribution in [-0.4, -0.2) is 83.7 Å². The average Bonchev–Trinajstić information content (AvgIpc) is 3.50. The van der Waals surface area contributed by atoms with E-state index in [4.69, 9.17) is 4.42 Å². The lowest BCUT2D eigenvalue weighted by atomic mass is 9.83. The molecule has 3 atom stereocenters. The molecule has 3 N–H and O–H groups in total. The topological polar surface area (TPSA) is 137 Å². The standard InChI is InChI=1S/C34H43FN6O5/c1-4-29(42)37-21(2)30(34(45)41-16-14-40(3)15-17-41)23-10-11-27(26(35)18-23)38-33(44)31(22-8-6-5-7-9-22)39-32(43)25-20-46-28-12-13-36-19-24(25)28/h10-13,18-22,30-31H,4-9,14-17H2,1-3H3,(H,37,42)(H,38,44)(H,39,43)/t21-,30-,31+/m1/s1. The van der Waals surface area contributed by atoms with Gasteiger partial charge in [0.2, 0.25) is 17.7 Å². The van der Waals surface area contributed by atoms with Gasteiger partial charge in [0.1, 0.15) is 23.7 Å². The number of aromatic nitrogens is 1. The van der Waals surface area contributed by atoms with Crippen molar-refractivity contribution in [1.29, 1.82) is 0 Å². The highest BCUT2D eigenvalue weighted by molar-refractivity contribution is 6.08. The predicted molar refractivity (Wildman–Crippen MR) is 172 cm³/mol. The Morgan fingerprint density at radius 1 is 1.04 bits per heavy atom. The lowest BCUT2D eigenvalue weighted by Crippen LogP contribution is -2.51. The molecule has 0 radical (unpaired) electrons. The average molecular weight is 635 g/mol. The van der Waals surface area contributed by atoms with Crippen molar-refractivity contribution < 1.29 is 28.0 Å².